The molecule has 0 aromatic carbocycles. The van der Waals surface area contributed by atoms with Crippen LogP contribution in [0.15, 0.2) is 23.3 Å². The van der Waals surface area contributed by atoms with Gasteiger partial charge < -0.3 is 10.6 Å². The number of guanidine groups is 1. The van der Waals surface area contributed by atoms with Crippen molar-refractivity contribution in [2.45, 2.75) is 26.3 Å². The second-order valence-electron chi connectivity index (χ2n) is 4.86. The summed E-state index contributed by atoms with van der Waals surface area (Å²) < 4.78 is 0. The van der Waals surface area contributed by atoms with Crippen molar-refractivity contribution in [2.75, 3.05) is 13.1 Å². The first-order valence-electron chi connectivity index (χ1n) is 6.30. The number of rotatable bonds is 2. The second kappa shape index (κ2) is 6.05. The molecule has 1 unspecified atom stereocenters. The van der Waals surface area contributed by atoms with Gasteiger partial charge in [0.25, 0.3) is 0 Å². The maximum absolute atomic E-state index is 6.02. The van der Waals surface area contributed by atoms with Crippen LogP contribution >= 0.6 is 11.6 Å². The molecule has 1 fully saturated rings. The molecule has 2 rings (SSSR count). The van der Waals surface area contributed by atoms with E-state index in [0.717, 1.165) is 18.7 Å². The van der Waals surface area contributed by atoms with E-state index in [1.54, 1.807) is 12.3 Å². The topological polar surface area (TPSA) is 54.5 Å². The van der Waals surface area contributed by atoms with Gasteiger partial charge in [-0.05, 0) is 30.4 Å². The van der Waals surface area contributed by atoms with Gasteiger partial charge in [-0.25, -0.2) is 9.98 Å². The summed E-state index contributed by atoms with van der Waals surface area (Å²) >= 11 is 5.73. The number of piperidine rings is 1. The van der Waals surface area contributed by atoms with E-state index in [9.17, 15) is 0 Å². The Morgan fingerprint density at radius 3 is 3.11 bits per heavy atom. The van der Waals surface area contributed by atoms with E-state index in [4.69, 9.17) is 17.3 Å². The molecule has 1 aliphatic rings. The van der Waals surface area contributed by atoms with Gasteiger partial charge in [-0.3, -0.25) is 0 Å². The maximum Gasteiger partial charge on any atom is 0.191 e. The zero-order valence-corrected chi connectivity index (χ0v) is 11.4. The normalized spacial score (nSPS) is 21.1. The van der Waals surface area contributed by atoms with E-state index >= 15 is 0 Å². The van der Waals surface area contributed by atoms with Crippen molar-refractivity contribution >= 4 is 17.6 Å². The van der Waals surface area contributed by atoms with Crippen LogP contribution in [-0.2, 0) is 6.54 Å². The minimum Gasteiger partial charge on any atom is -0.370 e. The van der Waals surface area contributed by atoms with Crippen LogP contribution in [0.4, 0.5) is 0 Å². The van der Waals surface area contributed by atoms with Crippen molar-refractivity contribution in [3.05, 3.63) is 29.0 Å². The summed E-state index contributed by atoms with van der Waals surface area (Å²) in [7, 11) is 0. The minimum atomic E-state index is 0.501. The molecular formula is C13H19ClN4. The van der Waals surface area contributed by atoms with E-state index < -0.39 is 0 Å². The first-order chi connectivity index (χ1) is 8.65. The fourth-order valence-corrected chi connectivity index (χ4v) is 2.28. The molecule has 0 saturated carbocycles. The standard InChI is InChI=1S/C13H19ClN4/c1-10-3-2-6-18(9-10)13(15)17-8-11-4-5-12(14)16-7-11/h4-5,7,10H,2-3,6,8-9H2,1H3,(H2,15,17). The Morgan fingerprint density at radius 1 is 1.61 bits per heavy atom. The molecule has 1 atom stereocenters. The predicted octanol–water partition coefficient (Wildman–Crippen LogP) is 2.28. The average Bonchev–Trinajstić information content (AvgIpc) is 2.38. The monoisotopic (exact) mass is 266 g/mol. The summed E-state index contributed by atoms with van der Waals surface area (Å²) in [6, 6.07) is 3.69. The lowest BCUT2D eigenvalue weighted by Crippen LogP contribution is -2.43. The maximum atomic E-state index is 6.02. The number of pyridine rings is 1. The van der Waals surface area contributed by atoms with Gasteiger partial charge in [-0.1, -0.05) is 24.6 Å². The molecule has 0 aliphatic carbocycles. The van der Waals surface area contributed by atoms with Crippen molar-refractivity contribution < 1.29 is 0 Å². The Morgan fingerprint density at radius 2 is 2.44 bits per heavy atom. The van der Waals surface area contributed by atoms with Gasteiger partial charge in [-0.2, -0.15) is 0 Å². The molecular weight excluding hydrogens is 248 g/mol. The second-order valence-corrected chi connectivity index (χ2v) is 5.24. The number of aliphatic imine (C=N–C) groups is 1. The van der Waals surface area contributed by atoms with Crippen LogP contribution in [0.1, 0.15) is 25.3 Å². The highest BCUT2D eigenvalue weighted by Gasteiger charge is 2.17. The SMILES string of the molecule is CC1CCCN(C(N)=NCc2ccc(Cl)nc2)C1. The molecule has 4 nitrogen and oxygen atoms in total. The largest absolute Gasteiger partial charge is 0.370 e. The van der Waals surface area contributed by atoms with Crippen LogP contribution < -0.4 is 5.73 Å². The third kappa shape index (κ3) is 3.60. The van der Waals surface area contributed by atoms with E-state index in [0.29, 0.717) is 23.6 Å². The third-order valence-corrected chi connectivity index (χ3v) is 3.42. The molecule has 0 bridgehead atoms. The highest BCUT2D eigenvalue weighted by atomic mass is 35.5. The lowest BCUT2D eigenvalue weighted by molar-refractivity contribution is 0.270. The average molecular weight is 267 g/mol. The van der Waals surface area contributed by atoms with Gasteiger partial charge >= 0.3 is 0 Å². The molecule has 18 heavy (non-hydrogen) atoms. The third-order valence-electron chi connectivity index (χ3n) is 3.19. The molecule has 0 spiro atoms. The Balaban J connectivity index is 1.93. The van der Waals surface area contributed by atoms with Gasteiger partial charge in [0.1, 0.15) is 5.15 Å². The molecule has 0 radical (unpaired) electrons. The molecule has 98 valence electrons. The van der Waals surface area contributed by atoms with E-state index in [1.807, 2.05) is 6.07 Å². The Bertz CT molecular complexity index is 416. The number of nitrogens with two attached hydrogens (primary N) is 1. The van der Waals surface area contributed by atoms with E-state index in [-0.39, 0.29) is 0 Å². The van der Waals surface area contributed by atoms with Gasteiger partial charge in [0.2, 0.25) is 0 Å². The summed E-state index contributed by atoms with van der Waals surface area (Å²) in [6.07, 6.45) is 4.21. The Hall–Kier alpha value is -1.29. The fourth-order valence-electron chi connectivity index (χ4n) is 2.17. The Kier molecular flexibility index (Phi) is 4.42. The lowest BCUT2D eigenvalue weighted by atomic mass is 10.0. The van der Waals surface area contributed by atoms with E-state index in [1.165, 1.54) is 12.8 Å². The molecule has 1 aromatic heterocycles. The van der Waals surface area contributed by atoms with Gasteiger partial charge in [-0.15, -0.1) is 0 Å². The summed E-state index contributed by atoms with van der Waals surface area (Å²) in [4.78, 5) is 10.6. The van der Waals surface area contributed by atoms with Crippen LogP contribution in [0.25, 0.3) is 0 Å². The van der Waals surface area contributed by atoms with Crippen LogP contribution in [0.5, 0.6) is 0 Å². The number of likely N-dealkylation sites (tertiary alicyclic amines) is 1. The first-order valence-corrected chi connectivity index (χ1v) is 6.68. The molecule has 2 N–H and O–H groups in total. The van der Waals surface area contributed by atoms with Crippen molar-refractivity contribution in [3.8, 4) is 0 Å². The summed E-state index contributed by atoms with van der Waals surface area (Å²) in [5, 5.41) is 0.501. The zero-order chi connectivity index (χ0) is 13.0. The van der Waals surface area contributed by atoms with Crippen LogP contribution in [0.3, 0.4) is 0 Å². The van der Waals surface area contributed by atoms with Crippen molar-refractivity contribution in [3.63, 3.8) is 0 Å². The lowest BCUT2D eigenvalue weighted by Gasteiger charge is -2.31. The molecule has 1 aromatic rings. The zero-order valence-electron chi connectivity index (χ0n) is 10.6. The number of nitrogens with zero attached hydrogens (tertiary/aromatic N) is 3. The molecule has 0 amide bonds. The van der Waals surface area contributed by atoms with E-state index in [2.05, 4.69) is 21.8 Å². The van der Waals surface area contributed by atoms with Crippen LogP contribution in [0.2, 0.25) is 5.15 Å². The van der Waals surface area contributed by atoms with Crippen molar-refractivity contribution in [1.82, 2.24) is 9.88 Å². The molecule has 1 aliphatic heterocycles. The molecule has 5 heteroatoms. The van der Waals surface area contributed by atoms with Crippen molar-refractivity contribution in [1.29, 1.82) is 0 Å². The Labute approximate surface area is 113 Å². The van der Waals surface area contributed by atoms with Gasteiger partial charge in [0.15, 0.2) is 5.96 Å². The molecule has 1 saturated heterocycles. The first kappa shape index (κ1) is 13.1. The highest BCUT2D eigenvalue weighted by molar-refractivity contribution is 6.29. The number of hydrogen-bond donors (Lipinski definition) is 1. The fraction of sp³-hybridized carbons (Fsp3) is 0.538. The van der Waals surface area contributed by atoms with Crippen LogP contribution in [-0.4, -0.2) is 28.9 Å². The van der Waals surface area contributed by atoms with Crippen molar-refractivity contribution in [2.24, 2.45) is 16.6 Å². The summed E-state index contributed by atoms with van der Waals surface area (Å²) in [5.41, 5.74) is 7.04. The van der Waals surface area contributed by atoms with Gasteiger partial charge in [0.05, 0.1) is 6.54 Å². The smallest absolute Gasteiger partial charge is 0.191 e. The summed E-state index contributed by atoms with van der Waals surface area (Å²) in [6.45, 7) is 4.83. The quantitative estimate of drug-likeness (QED) is 0.508. The number of halogens is 1. The number of aromatic nitrogens is 1. The molecule has 2 heterocycles. The van der Waals surface area contributed by atoms with Gasteiger partial charge in [0, 0.05) is 19.3 Å². The number of hydrogen-bond acceptors (Lipinski definition) is 2. The highest BCUT2D eigenvalue weighted by Crippen LogP contribution is 2.15. The predicted molar refractivity (Wildman–Crippen MR) is 74.5 cm³/mol. The summed E-state index contributed by atoms with van der Waals surface area (Å²) in [5.74, 6) is 1.33. The minimum absolute atomic E-state index is 0.501. The van der Waals surface area contributed by atoms with Crippen LogP contribution in [0, 0.1) is 5.92 Å².